The third-order valence-electron chi connectivity index (χ3n) is 3.54. The molecule has 0 bridgehead atoms. The smallest absolute Gasteiger partial charge is 0.306 e. The second-order valence-electron chi connectivity index (χ2n) is 7.29. The van der Waals surface area contributed by atoms with Gasteiger partial charge in [-0.2, -0.15) is 0 Å². The van der Waals surface area contributed by atoms with E-state index < -0.39 is 0 Å². The van der Waals surface area contributed by atoms with Crippen molar-refractivity contribution in [3.63, 3.8) is 0 Å². The van der Waals surface area contributed by atoms with Gasteiger partial charge < -0.3 is 15.4 Å². The van der Waals surface area contributed by atoms with Crippen LogP contribution in [0.3, 0.4) is 0 Å². The number of unbranched alkanes of at least 4 members (excludes halogenated alkanes) is 3. The summed E-state index contributed by atoms with van der Waals surface area (Å²) >= 11 is 1.74. The molecule has 6 nitrogen and oxygen atoms in total. The van der Waals surface area contributed by atoms with Crippen LogP contribution in [0.15, 0.2) is 11.2 Å². The highest BCUT2D eigenvalue weighted by Gasteiger charge is 2.15. The zero-order chi connectivity index (χ0) is 19.4. The molecule has 0 saturated carbocycles. The van der Waals surface area contributed by atoms with Crippen molar-refractivity contribution in [3.05, 3.63) is 16.1 Å². The average molecular weight is 510 g/mol. The Labute approximate surface area is 185 Å². The number of thiazole rings is 1. The quantitative estimate of drug-likeness (QED) is 0.163. The molecule has 1 heterocycles. The van der Waals surface area contributed by atoms with E-state index in [0.29, 0.717) is 6.42 Å². The topological polar surface area (TPSA) is 75.6 Å². The highest BCUT2D eigenvalue weighted by molar-refractivity contribution is 14.0. The molecule has 0 radical (unpaired) electrons. The van der Waals surface area contributed by atoms with Gasteiger partial charge in [0.2, 0.25) is 0 Å². The molecular weight excluding hydrogens is 475 g/mol. The van der Waals surface area contributed by atoms with Gasteiger partial charge in [0.15, 0.2) is 5.96 Å². The van der Waals surface area contributed by atoms with Crippen LogP contribution in [0, 0.1) is 6.92 Å². The molecule has 1 aromatic rings. The summed E-state index contributed by atoms with van der Waals surface area (Å²) in [5, 5.41) is 7.78. The Morgan fingerprint density at radius 3 is 2.44 bits per heavy atom. The standard InChI is InChI=1S/C19H34N4O2S.HI/c1-15-14-23-16(26-15)11-13-22-18(20-5)21-12-9-7-6-8-10-17(24)25-19(2,3)4;/h14H,6-13H2,1-5H3,(H2,20,21,22);1H. The summed E-state index contributed by atoms with van der Waals surface area (Å²) in [5.41, 5.74) is -0.387. The van der Waals surface area contributed by atoms with Crippen LogP contribution in [-0.2, 0) is 16.0 Å². The molecule has 1 aromatic heterocycles. The number of halogens is 1. The Morgan fingerprint density at radius 2 is 1.85 bits per heavy atom. The first-order chi connectivity index (χ1) is 12.3. The molecule has 0 amide bonds. The van der Waals surface area contributed by atoms with E-state index in [-0.39, 0.29) is 35.5 Å². The maximum Gasteiger partial charge on any atom is 0.306 e. The van der Waals surface area contributed by atoms with E-state index in [2.05, 4.69) is 27.5 Å². The van der Waals surface area contributed by atoms with Gasteiger partial charge in [0.05, 0.1) is 5.01 Å². The van der Waals surface area contributed by atoms with Gasteiger partial charge in [0, 0.05) is 44.1 Å². The average Bonchev–Trinajstić information content (AvgIpc) is 2.96. The lowest BCUT2D eigenvalue weighted by molar-refractivity contribution is -0.154. The first-order valence-corrected chi connectivity index (χ1v) is 10.2. The number of nitrogens with one attached hydrogen (secondary N) is 2. The maximum absolute atomic E-state index is 11.6. The van der Waals surface area contributed by atoms with Crippen molar-refractivity contribution < 1.29 is 9.53 Å². The predicted octanol–water partition coefficient (Wildman–Crippen LogP) is 4.07. The minimum atomic E-state index is -0.387. The number of carbonyl (C=O) groups excluding carboxylic acids is 1. The number of ether oxygens (including phenoxy) is 1. The van der Waals surface area contributed by atoms with Crippen LogP contribution in [0.1, 0.15) is 62.8 Å². The molecule has 27 heavy (non-hydrogen) atoms. The second-order valence-corrected chi connectivity index (χ2v) is 8.61. The number of aromatic nitrogens is 1. The minimum absolute atomic E-state index is 0. The summed E-state index contributed by atoms with van der Waals surface area (Å²) < 4.78 is 5.30. The monoisotopic (exact) mass is 510 g/mol. The second kappa shape index (κ2) is 14.1. The van der Waals surface area contributed by atoms with Crippen LogP contribution in [0.2, 0.25) is 0 Å². The highest BCUT2D eigenvalue weighted by atomic mass is 127. The summed E-state index contributed by atoms with van der Waals surface area (Å²) in [6.07, 6.45) is 7.39. The molecule has 0 fully saturated rings. The number of nitrogens with zero attached hydrogens (tertiary/aromatic N) is 2. The molecule has 156 valence electrons. The number of guanidine groups is 1. The number of rotatable bonds is 10. The molecule has 0 aliphatic carbocycles. The van der Waals surface area contributed by atoms with E-state index >= 15 is 0 Å². The van der Waals surface area contributed by atoms with Gasteiger partial charge in [-0.3, -0.25) is 9.79 Å². The van der Waals surface area contributed by atoms with Crippen LogP contribution in [0.5, 0.6) is 0 Å². The van der Waals surface area contributed by atoms with Gasteiger partial charge in [-0.15, -0.1) is 35.3 Å². The van der Waals surface area contributed by atoms with E-state index in [9.17, 15) is 4.79 Å². The fourth-order valence-corrected chi connectivity index (χ4v) is 3.16. The van der Waals surface area contributed by atoms with Crippen molar-refractivity contribution in [2.24, 2.45) is 4.99 Å². The number of aryl methyl sites for hydroxylation is 1. The van der Waals surface area contributed by atoms with Crippen molar-refractivity contribution in [1.82, 2.24) is 15.6 Å². The molecule has 0 aliphatic heterocycles. The van der Waals surface area contributed by atoms with Gasteiger partial charge in [-0.05, 0) is 40.5 Å². The van der Waals surface area contributed by atoms with Crippen LogP contribution >= 0.6 is 35.3 Å². The fourth-order valence-electron chi connectivity index (χ4n) is 2.37. The Balaban J connectivity index is 0.00000676. The third kappa shape index (κ3) is 13.8. The number of carbonyl (C=O) groups is 1. The lowest BCUT2D eigenvalue weighted by Crippen LogP contribution is -2.38. The normalized spacial score (nSPS) is 11.7. The molecular formula is C19H35IN4O2S. The van der Waals surface area contributed by atoms with Crippen molar-refractivity contribution in [1.29, 1.82) is 0 Å². The first-order valence-electron chi connectivity index (χ1n) is 9.38. The summed E-state index contributed by atoms with van der Waals surface area (Å²) in [5.74, 6) is 0.725. The fraction of sp³-hybridized carbons (Fsp3) is 0.737. The van der Waals surface area contributed by atoms with Gasteiger partial charge >= 0.3 is 5.97 Å². The van der Waals surface area contributed by atoms with Crippen LogP contribution < -0.4 is 10.6 Å². The zero-order valence-electron chi connectivity index (χ0n) is 17.3. The molecule has 0 spiro atoms. The lowest BCUT2D eigenvalue weighted by Gasteiger charge is -2.19. The lowest BCUT2D eigenvalue weighted by atomic mass is 10.1. The van der Waals surface area contributed by atoms with E-state index in [0.717, 1.165) is 56.2 Å². The largest absolute Gasteiger partial charge is 0.460 e. The summed E-state index contributed by atoms with van der Waals surface area (Å²) in [6.45, 7) is 9.47. The van der Waals surface area contributed by atoms with Crippen LogP contribution in [-0.4, -0.2) is 42.7 Å². The van der Waals surface area contributed by atoms with E-state index in [1.807, 2.05) is 27.0 Å². The number of esters is 1. The van der Waals surface area contributed by atoms with Crippen molar-refractivity contribution in [2.45, 2.75) is 71.8 Å². The van der Waals surface area contributed by atoms with Gasteiger partial charge in [-0.25, -0.2) is 4.98 Å². The number of hydrogen-bond donors (Lipinski definition) is 2. The number of aliphatic imine (C=N–C) groups is 1. The minimum Gasteiger partial charge on any atom is -0.460 e. The zero-order valence-corrected chi connectivity index (χ0v) is 20.4. The molecule has 8 heteroatoms. The van der Waals surface area contributed by atoms with Crippen molar-refractivity contribution in [3.8, 4) is 0 Å². The number of hydrogen-bond acceptors (Lipinski definition) is 5. The Kier molecular flexibility index (Phi) is 13.7. The summed E-state index contributed by atoms with van der Waals surface area (Å²) in [7, 11) is 1.78. The Bertz CT molecular complexity index is 570. The Hall–Kier alpha value is -0.900. The summed E-state index contributed by atoms with van der Waals surface area (Å²) in [4.78, 5) is 21.5. The van der Waals surface area contributed by atoms with Gasteiger partial charge in [0.25, 0.3) is 0 Å². The molecule has 0 saturated heterocycles. The van der Waals surface area contributed by atoms with E-state index in [4.69, 9.17) is 4.74 Å². The van der Waals surface area contributed by atoms with Crippen LogP contribution in [0.4, 0.5) is 0 Å². The predicted molar refractivity (Wildman–Crippen MR) is 124 cm³/mol. The van der Waals surface area contributed by atoms with Gasteiger partial charge in [-0.1, -0.05) is 12.8 Å². The Morgan fingerprint density at radius 1 is 1.19 bits per heavy atom. The highest BCUT2D eigenvalue weighted by Crippen LogP contribution is 2.11. The molecule has 1 rings (SSSR count). The van der Waals surface area contributed by atoms with E-state index in [1.54, 1.807) is 18.4 Å². The summed E-state index contributed by atoms with van der Waals surface area (Å²) in [6, 6.07) is 0. The van der Waals surface area contributed by atoms with Crippen molar-refractivity contribution in [2.75, 3.05) is 20.1 Å². The maximum atomic E-state index is 11.6. The molecule has 2 N–H and O–H groups in total. The van der Waals surface area contributed by atoms with Crippen LogP contribution in [0.25, 0.3) is 0 Å². The van der Waals surface area contributed by atoms with Gasteiger partial charge in [0.1, 0.15) is 5.60 Å². The molecule has 0 aliphatic rings. The van der Waals surface area contributed by atoms with E-state index in [1.165, 1.54) is 4.88 Å². The first kappa shape index (κ1) is 26.1. The molecule has 0 unspecified atom stereocenters. The molecule has 0 aromatic carbocycles. The SMILES string of the molecule is CN=C(NCCCCCCC(=O)OC(C)(C)C)NCCc1ncc(C)s1.I. The van der Waals surface area contributed by atoms with Crippen molar-refractivity contribution >= 4 is 47.2 Å². The molecule has 0 atom stereocenters. The third-order valence-corrected chi connectivity index (χ3v) is 4.52.